The molecule has 0 aromatic heterocycles. The Hall–Kier alpha value is -0.160. The Balaban J connectivity index is 1.96. The first-order chi connectivity index (χ1) is 10.3. The van der Waals surface area contributed by atoms with Crippen molar-refractivity contribution < 1.29 is 14.6 Å². The Morgan fingerprint density at radius 2 is 1.67 bits per heavy atom. The number of hydrogen-bond acceptors (Lipinski definition) is 4. The van der Waals surface area contributed by atoms with Crippen LogP contribution in [0.15, 0.2) is 0 Å². The second kappa shape index (κ2) is 9.09. The zero-order chi connectivity index (χ0) is 15.1. The Kier molecular flexibility index (Phi) is 7.44. The Morgan fingerprint density at radius 1 is 1.00 bits per heavy atom. The van der Waals surface area contributed by atoms with Crippen molar-refractivity contribution in [3.8, 4) is 0 Å². The number of ether oxygens (including phenoxy) is 2. The first kappa shape index (κ1) is 17.2. The molecule has 3 atom stereocenters. The van der Waals surface area contributed by atoms with E-state index < -0.39 is 0 Å². The predicted octanol–water partition coefficient (Wildman–Crippen LogP) is 2.79. The van der Waals surface area contributed by atoms with E-state index in [0.717, 1.165) is 19.5 Å². The lowest BCUT2D eigenvalue weighted by molar-refractivity contribution is -0.157. The summed E-state index contributed by atoms with van der Waals surface area (Å²) in [5.41, 5.74) is 0. The number of hydrogen-bond donors (Lipinski definition) is 1. The topological polar surface area (TPSA) is 41.9 Å². The first-order valence-corrected chi connectivity index (χ1v) is 8.91. The van der Waals surface area contributed by atoms with Crippen molar-refractivity contribution in [1.29, 1.82) is 0 Å². The van der Waals surface area contributed by atoms with E-state index in [-0.39, 0.29) is 12.4 Å². The third-order valence-corrected chi connectivity index (χ3v) is 5.03. The summed E-state index contributed by atoms with van der Waals surface area (Å²) in [7, 11) is 0. The summed E-state index contributed by atoms with van der Waals surface area (Å²) in [4.78, 5) is 2.53. The highest BCUT2D eigenvalue weighted by atomic mass is 16.7. The van der Waals surface area contributed by atoms with Gasteiger partial charge in [0.15, 0.2) is 6.29 Å². The fourth-order valence-electron chi connectivity index (χ4n) is 4.03. The van der Waals surface area contributed by atoms with Crippen molar-refractivity contribution in [1.82, 2.24) is 4.90 Å². The molecule has 2 aliphatic rings. The van der Waals surface area contributed by atoms with Gasteiger partial charge in [-0.1, -0.05) is 19.3 Å². The van der Waals surface area contributed by atoms with Crippen LogP contribution < -0.4 is 0 Å². The van der Waals surface area contributed by atoms with Crippen LogP contribution >= 0.6 is 0 Å². The molecule has 2 fully saturated rings. The summed E-state index contributed by atoms with van der Waals surface area (Å²) in [5.74, 6) is 0.447. The van der Waals surface area contributed by atoms with Gasteiger partial charge in [-0.05, 0) is 46.1 Å². The minimum Gasteiger partial charge on any atom is -0.393 e. The molecule has 0 aromatic carbocycles. The number of nitrogens with zero attached hydrogens (tertiary/aromatic N) is 1. The van der Waals surface area contributed by atoms with Crippen molar-refractivity contribution in [3.63, 3.8) is 0 Å². The van der Waals surface area contributed by atoms with E-state index in [1.54, 1.807) is 0 Å². The smallest absolute Gasteiger partial charge is 0.170 e. The van der Waals surface area contributed by atoms with E-state index in [1.807, 2.05) is 13.8 Å². The first-order valence-electron chi connectivity index (χ1n) is 8.91. The third kappa shape index (κ3) is 4.92. The van der Waals surface area contributed by atoms with Gasteiger partial charge in [0, 0.05) is 31.7 Å². The summed E-state index contributed by atoms with van der Waals surface area (Å²) < 4.78 is 11.4. The molecule has 1 aliphatic heterocycles. The number of aliphatic hydroxyl groups excluding tert-OH is 1. The standard InChI is InChI=1S/C17H33NO3/c1-3-20-17(21-4-2)13-18-12-8-7-10-15(18)14-9-5-6-11-16(14)19/h14-17,19H,3-13H2,1-2H3. The van der Waals surface area contributed by atoms with Gasteiger partial charge >= 0.3 is 0 Å². The van der Waals surface area contributed by atoms with Gasteiger partial charge in [0.2, 0.25) is 0 Å². The zero-order valence-corrected chi connectivity index (χ0v) is 13.8. The largest absolute Gasteiger partial charge is 0.393 e. The molecular formula is C17H33NO3. The SMILES string of the molecule is CCOC(CN1CCCCC1C1CCCCC1O)OCC. The molecule has 1 saturated heterocycles. The van der Waals surface area contributed by atoms with Crippen LogP contribution in [-0.4, -0.2) is 54.7 Å². The van der Waals surface area contributed by atoms with Gasteiger partial charge in [-0.2, -0.15) is 0 Å². The van der Waals surface area contributed by atoms with Gasteiger partial charge < -0.3 is 14.6 Å². The molecule has 1 saturated carbocycles. The molecule has 3 unspecified atom stereocenters. The predicted molar refractivity (Wildman–Crippen MR) is 84.2 cm³/mol. The maximum Gasteiger partial charge on any atom is 0.170 e. The van der Waals surface area contributed by atoms with Gasteiger partial charge in [0.05, 0.1) is 6.10 Å². The van der Waals surface area contributed by atoms with Crippen molar-refractivity contribution in [2.24, 2.45) is 5.92 Å². The molecule has 0 radical (unpaired) electrons. The number of aliphatic hydroxyl groups is 1. The molecule has 2 rings (SSSR count). The van der Waals surface area contributed by atoms with Crippen LogP contribution in [0.3, 0.4) is 0 Å². The minimum atomic E-state index is -0.124. The summed E-state index contributed by atoms with van der Waals surface area (Å²) in [5, 5.41) is 10.4. The second-order valence-corrected chi connectivity index (χ2v) is 6.41. The van der Waals surface area contributed by atoms with Gasteiger partial charge in [-0.15, -0.1) is 0 Å². The fraction of sp³-hybridized carbons (Fsp3) is 1.00. The maximum absolute atomic E-state index is 10.4. The Labute approximate surface area is 129 Å². The molecule has 124 valence electrons. The van der Waals surface area contributed by atoms with Gasteiger partial charge in [-0.25, -0.2) is 0 Å². The summed E-state index contributed by atoms with van der Waals surface area (Å²) in [6, 6.07) is 0.512. The molecule has 0 aromatic rings. The van der Waals surface area contributed by atoms with Crippen LogP contribution in [0.1, 0.15) is 58.8 Å². The van der Waals surface area contributed by atoms with Gasteiger partial charge in [0.25, 0.3) is 0 Å². The average molecular weight is 299 g/mol. The monoisotopic (exact) mass is 299 g/mol. The summed E-state index contributed by atoms with van der Waals surface area (Å²) in [6.45, 7) is 7.37. The lowest BCUT2D eigenvalue weighted by atomic mass is 9.78. The van der Waals surface area contributed by atoms with E-state index in [0.29, 0.717) is 25.2 Å². The van der Waals surface area contributed by atoms with E-state index in [2.05, 4.69) is 4.90 Å². The molecule has 0 spiro atoms. The van der Waals surface area contributed by atoms with E-state index in [9.17, 15) is 5.11 Å². The van der Waals surface area contributed by atoms with Gasteiger partial charge in [-0.3, -0.25) is 4.90 Å². The van der Waals surface area contributed by atoms with Gasteiger partial charge in [0.1, 0.15) is 0 Å². The number of likely N-dealkylation sites (tertiary alicyclic amines) is 1. The molecular weight excluding hydrogens is 266 g/mol. The Bertz CT molecular complexity index is 281. The van der Waals surface area contributed by atoms with Crippen LogP contribution in [0, 0.1) is 5.92 Å². The quantitative estimate of drug-likeness (QED) is 0.734. The highest BCUT2D eigenvalue weighted by Gasteiger charge is 2.36. The van der Waals surface area contributed by atoms with Crippen molar-refractivity contribution in [3.05, 3.63) is 0 Å². The molecule has 4 heteroatoms. The normalized spacial score (nSPS) is 31.7. The van der Waals surface area contributed by atoms with Crippen LogP contribution in [-0.2, 0) is 9.47 Å². The van der Waals surface area contributed by atoms with Crippen LogP contribution in [0.5, 0.6) is 0 Å². The van der Waals surface area contributed by atoms with Crippen LogP contribution in [0.4, 0.5) is 0 Å². The number of rotatable bonds is 7. The minimum absolute atomic E-state index is 0.109. The third-order valence-electron chi connectivity index (χ3n) is 5.03. The van der Waals surface area contributed by atoms with E-state index in [4.69, 9.17) is 9.47 Å². The van der Waals surface area contributed by atoms with Crippen molar-refractivity contribution in [2.45, 2.75) is 77.2 Å². The zero-order valence-electron chi connectivity index (χ0n) is 13.8. The average Bonchev–Trinajstić information content (AvgIpc) is 2.49. The Morgan fingerprint density at radius 3 is 2.33 bits per heavy atom. The maximum atomic E-state index is 10.4. The van der Waals surface area contributed by atoms with Crippen molar-refractivity contribution in [2.75, 3.05) is 26.3 Å². The van der Waals surface area contributed by atoms with Crippen molar-refractivity contribution >= 4 is 0 Å². The molecule has 1 heterocycles. The highest BCUT2D eigenvalue weighted by Crippen LogP contribution is 2.34. The second-order valence-electron chi connectivity index (χ2n) is 6.41. The van der Waals surface area contributed by atoms with E-state index >= 15 is 0 Å². The molecule has 0 amide bonds. The molecule has 4 nitrogen and oxygen atoms in total. The number of piperidine rings is 1. The lowest BCUT2D eigenvalue weighted by Crippen LogP contribution is -2.51. The van der Waals surface area contributed by atoms with Crippen LogP contribution in [0.25, 0.3) is 0 Å². The summed E-state index contributed by atoms with van der Waals surface area (Å²) in [6.07, 6.45) is 8.14. The highest BCUT2D eigenvalue weighted by molar-refractivity contribution is 4.89. The molecule has 0 bridgehead atoms. The molecule has 1 N–H and O–H groups in total. The van der Waals surface area contributed by atoms with Crippen LogP contribution in [0.2, 0.25) is 0 Å². The molecule has 1 aliphatic carbocycles. The summed E-state index contributed by atoms with van der Waals surface area (Å²) >= 11 is 0. The molecule has 21 heavy (non-hydrogen) atoms. The fourth-order valence-corrected chi connectivity index (χ4v) is 4.03. The lowest BCUT2D eigenvalue weighted by Gasteiger charge is -2.44. The van der Waals surface area contributed by atoms with E-state index in [1.165, 1.54) is 38.5 Å².